The van der Waals surface area contributed by atoms with Gasteiger partial charge >= 0.3 is 11.9 Å². The molecule has 0 fully saturated rings. The molecule has 6 rings (SSSR count). The lowest BCUT2D eigenvalue weighted by atomic mass is 9.81. The fourth-order valence-electron chi connectivity index (χ4n) is 5.32. The van der Waals surface area contributed by atoms with E-state index in [1.54, 1.807) is 12.1 Å². The predicted octanol–water partition coefficient (Wildman–Crippen LogP) is 8.50. The van der Waals surface area contributed by atoms with Crippen molar-refractivity contribution >= 4 is 67.3 Å². The molecule has 0 saturated carbocycles. The second-order valence-corrected chi connectivity index (χ2v) is 18.2. The van der Waals surface area contributed by atoms with Gasteiger partial charge in [0.1, 0.15) is 6.07 Å². The van der Waals surface area contributed by atoms with Gasteiger partial charge in [-0.25, -0.2) is 21.6 Å². The summed E-state index contributed by atoms with van der Waals surface area (Å²) in [6.45, 7) is 4.16. The maximum absolute atomic E-state index is 13.8. The van der Waals surface area contributed by atoms with Gasteiger partial charge in [-0.15, -0.1) is 0 Å². The van der Waals surface area contributed by atoms with E-state index in [0.717, 1.165) is 17.7 Å². The summed E-state index contributed by atoms with van der Waals surface area (Å²) in [7, 11) is -2.62. The zero-order chi connectivity index (χ0) is 37.5. The first kappa shape index (κ1) is 38.3. The first-order valence-corrected chi connectivity index (χ1v) is 19.9. The minimum Gasteiger partial charge on any atom is -0.296 e. The summed E-state index contributed by atoms with van der Waals surface area (Å²) in [4.78, 5) is 13.7. The number of halogens is 6. The van der Waals surface area contributed by atoms with Gasteiger partial charge in [0, 0.05) is 31.7 Å². The van der Waals surface area contributed by atoms with Gasteiger partial charge in [-0.2, -0.15) is 18.4 Å². The first-order valence-electron chi connectivity index (χ1n) is 14.5. The fourth-order valence-corrected chi connectivity index (χ4v) is 9.15. The lowest BCUT2D eigenvalue weighted by Crippen LogP contribution is -2.43. The number of hydrogen-bond donors (Lipinski definition) is 1. The summed E-state index contributed by atoms with van der Waals surface area (Å²) >= 11 is 6.41. The summed E-state index contributed by atoms with van der Waals surface area (Å²) in [6, 6.07) is 20.4. The molecular formula is C33H24Br2ClF3N4O6S2. The molecule has 0 radical (unpaired) electrons. The highest BCUT2D eigenvalue weighted by atomic mass is 79.9. The molecule has 0 amide bonds. The molecule has 5 aromatic rings. The molecule has 0 aliphatic carbocycles. The van der Waals surface area contributed by atoms with Crippen LogP contribution < -0.4 is 10.1 Å². The van der Waals surface area contributed by atoms with Crippen molar-refractivity contribution in [3.63, 3.8) is 0 Å². The summed E-state index contributed by atoms with van der Waals surface area (Å²) in [5.74, 6) is -0.572. The van der Waals surface area contributed by atoms with E-state index >= 15 is 0 Å². The number of aromatic amines is 1. The van der Waals surface area contributed by atoms with Gasteiger partial charge in [0.05, 0.1) is 26.6 Å². The van der Waals surface area contributed by atoms with Crippen LogP contribution in [-0.4, -0.2) is 33.5 Å². The summed E-state index contributed by atoms with van der Waals surface area (Å²) in [6.07, 6.45) is -3.84. The molecule has 1 N–H and O–H groups in total. The van der Waals surface area contributed by atoms with Gasteiger partial charge < -0.3 is 0 Å². The van der Waals surface area contributed by atoms with Crippen LogP contribution >= 0.6 is 42.5 Å². The number of aromatic nitrogens is 2. The van der Waals surface area contributed by atoms with E-state index < -0.39 is 42.0 Å². The number of benzene rings is 4. The minimum absolute atomic E-state index is 0.0277. The van der Waals surface area contributed by atoms with Gasteiger partial charge in [-0.05, 0) is 121 Å². The maximum Gasteiger partial charge on any atom is 0.439 e. The van der Waals surface area contributed by atoms with Crippen LogP contribution in [0.25, 0.3) is 22.5 Å². The van der Waals surface area contributed by atoms with Crippen molar-refractivity contribution in [2.45, 2.75) is 36.2 Å². The SMILES string of the molecule is CC1(C)Cc2cc(-c3ccc(C(F)(F)F)cc3)ccc2N(S(=O)(=O)c2ccc(-c3noc(=O)[nH]3)c(Br)c2)C1.N#Cc1ccc(S(=O)(=O)Cl)cc1Br. The number of hydrogen-bond acceptors (Lipinski definition) is 8. The van der Waals surface area contributed by atoms with Crippen molar-refractivity contribution in [2.75, 3.05) is 10.8 Å². The third-order valence-corrected chi connectivity index (χ3v) is 12.1. The van der Waals surface area contributed by atoms with E-state index in [1.165, 1.54) is 52.8 Å². The average Bonchev–Trinajstić information content (AvgIpc) is 3.48. The molecule has 4 aromatic carbocycles. The second kappa shape index (κ2) is 14.2. The van der Waals surface area contributed by atoms with Crippen molar-refractivity contribution in [1.29, 1.82) is 5.26 Å². The topological polar surface area (TPSA) is 154 Å². The monoisotopic (exact) mass is 886 g/mol. The van der Waals surface area contributed by atoms with E-state index in [2.05, 4.69) is 46.5 Å². The number of fused-ring (bicyclic) bond motifs is 1. The number of alkyl halides is 3. The van der Waals surface area contributed by atoms with E-state index in [-0.39, 0.29) is 22.2 Å². The Hall–Kier alpha value is -3.95. The van der Waals surface area contributed by atoms with Crippen LogP contribution in [0.4, 0.5) is 18.9 Å². The van der Waals surface area contributed by atoms with Gasteiger partial charge in [0.15, 0.2) is 5.82 Å². The number of anilines is 1. The molecule has 1 aliphatic rings. The quantitative estimate of drug-likeness (QED) is 0.173. The normalized spacial score (nSPS) is 14.2. The summed E-state index contributed by atoms with van der Waals surface area (Å²) in [5.41, 5.74) is 2.27. The van der Waals surface area contributed by atoms with E-state index in [1.807, 2.05) is 26.0 Å². The Balaban J connectivity index is 0.000000328. The highest BCUT2D eigenvalue weighted by molar-refractivity contribution is 9.10. The molecule has 0 bridgehead atoms. The van der Waals surface area contributed by atoms with E-state index in [0.29, 0.717) is 43.3 Å². The van der Waals surface area contributed by atoms with Crippen molar-refractivity contribution in [2.24, 2.45) is 5.41 Å². The third kappa shape index (κ3) is 8.58. The van der Waals surface area contributed by atoms with Crippen LogP contribution in [0, 0.1) is 16.7 Å². The van der Waals surface area contributed by atoms with Crippen molar-refractivity contribution < 1.29 is 34.5 Å². The Labute approximate surface area is 311 Å². The molecule has 0 saturated heterocycles. The Morgan fingerprint density at radius 2 is 1.55 bits per heavy atom. The minimum atomic E-state index is -4.42. The highest BCUT2D eigenvalue weighted by Crippen LogP contribution is 2.42. The van der Waals surface area contributed by atoms with Crippen LogP contribution in [0.2, 0.25) is 0 Å². The second-order valence-electron chi connectivity index (χ2n) is 12.0. The van der Waals surface area contributed by atoms with Crippen LogP contribution in [-0.2, 0) is 31.7 Å². The molecule has 51 heavy (non-hydrogen) atoms. The number of nitriles is 1. The largest absolute Gasteiger partial charge is 0.439 e. The number of H-pyrrole nitrogens is 1. The van der Waals surface area contributed by atoms with Crippen LogP contribution in [0.3, 0.4) is 0 Å². The average molecular weight is 889 g/mol. The van der Waals surface area contributed by atoms with Gasteiger partial charge in [-0.1, -0.05) is 37.2 Å². The molecular weight excluding hydrogens is 865 g/mol. The molecule has 1 aliphatic heterocycles. The fraction of sp³-hybridized carbons (Fsp3) is 0.182. The number of sulfonamides is 1. The molecule has 10 nitrogen and oxygen atoms in total. The van der Waals surface area contributed by atoms with Crippen molar-refractivity contribution in [3.8, 4) is 28.6 Å². The number of rotatable bonds is 5. The number of nitrogens with zero attached hydrogens (tertiary/aromatic N) is 3. The molecule has 18 heteroatoms. The van der Waals surface area contributed by atoms with E-state index in [4.69, 9.17) is 15.9 Å². The standard InChI is InChI=1S/C26H21BrF3N3O4S.C7H3BrClNO2S/c1-25(2)13-17-11-16(15-3-6-18(7-4-15)26(28,29)30)5-10-22(17)33(14-25)38(35,36)19-8-9-20(21(27)12-19)23-31-24(34)37-32-23;8-7-3-6(13(9,11)12)2-1-5(7)4-10/h3-12H,13-14H2,1-2H3,(H,31,32,34);1-3H. The highest BCUT2D eigenvalue weighted by Gasteiger charge is 2.37. The van der Waals surface area contributed by atoms with Crippen LogP contribution in [0.15, 0.2) is 107 Å². The maximum atomic E-state index is 13.8. The van der Waals surface area contributed by atoms with Crippen LogP contribution in [0.1, 0.15) is 30.5 Å². The molecule has 1 aromatic heterocycles. The first-order chi connectivity index (χ1) is 23.7. The lowest BCUT2D eigenvalue weighted by molar-refractivity contribution is -0.137. The smallest absolute Gasteiger partial charge is 0.296 e. The van der Waals surface area contributed by atoms with E-state index in [9.17, 15) is 34.8 Å². The molecule has 266 valence electrons. The van der Waals surface area contributed by atoms with Gasteiger partial charge in [-0.3, -0.25) is 13.8 Å². The molecule has 0 unspecified atom stereocenters. The Kier molecular flexibility index (Phi) is 10.7. The zero-order valence-corrected chi connectivity index (χ0v) is 31.9. The summed E-state index contributed by atoms with van der Waals surface area (Å²) in [5, 5.41) is 12.2. The lowest BCUT2D eigenvalue weighted by Gasteiger charge is -2.40. The third-order valence-electron chi connectivity index (χ3n) is 7.70. The Morgan fingerprint density at radius 3 is 2.10 bits per heavy atom. The molecule has 0 spiro atoms. The summed E-state index contributed by atoms with van der Waals surface area (Å²) < 4.78 is 95.0. The Bertz CT molecular complexity index is 2460. The van der Waals surface area contributed by atoms with Crippen LogP contribution in [0.5, 0.6) is 0 Å². The van der Waals surface area contributed by atoms with Gasteiger partial charge in [0.25, 0.3) is 19.1 Å². The zero-order valence-electron chi connectivity index (χ0n) is 26.3. The number of nitrogens with one attached hydrogen (secondary N) is 1. The molecule has 2 heterocycles. The predicted molar refractivity (Wildman–Crippen MR) is 191 cm³/mol. The van der Waals surface area contributed by atoms with Crippen molar-refractivity contribution in [1.82, 2.24) is 10.1 Å². The van der Waals surface area contributed by atoms with Crippen molar-refractivity contribution in [3.05, 3.63) is 115 Å². The molecule has 0 atom stereocenters. The van der Waals surface area contributed by atoms with Gasteiger partial charge in [0.2, 0.25) is 0 Å². The Morgan fingerprint density at radius 1 is 0.922 bits per heavy atom.